The van der Waals surface area contributed by atoms with E-state index in [1.807, 2.05) is 32.0 Å². The molecule has 21 heavy (non-hydrogen) atoms. The van der Waals surface area contributed by atoms with Crippen molar-refractivity contribution < 1.29 is 14.7 Å². The first-order chi connectivity index (χ1) is 9.95. The minimum absolute atomic E-state index is 0.0128. The molecule has 0 saturated carbocycles. The second-order valence-electron chi connectivity index (χ2n) is 4.82. The average Bonchev–Trinajstić information content (AvgIpc) is 2.90. The second-order valence-corrected chi connectivity index (χ2v) is 5.76. The van der Waals surface area contributed by atoms with Crippen LogP contribution in [0.3, 0.4) is 0 Å². The number of carbonyl (C=O) groups excluding carboxylic acids is 1. The van der Waals surface area contributed by atoms with Crippen molar-refractivity contribution in [2.75, 3.05) is 0 Å². The molecule has 110 valence electrons. The Bertz CT molecular complexity index is 679. The lowest BCUT2D eigenvalue weighted by Gasteiger charge is -2.07. The monoisotopic (exact) mass is 304 g/mol. The Morgan fingerprint density at radius 3 is 2.76 bits per heavy atom. The van der Waals surface area contributed by atoms with E-state index in [-0.39, 0.29) is 18.1 Å². The maximum atomic E-state index is 11.9. The number of benzene rings is 1. The van der Waals surface area contributed by atoms with E-state index in [0.717, 1.165) is 16.7 Å². The summed E-state index contributed by atoms with van der Waals surface area (Å²) >= 11 is 1.23. The van der Waals surface area contributed by atoms with E-state index in [1.165, 1.54) is 16.7 Å². The normalized spacial score (nSPS) is 10.4. The van der Waals surface area contributed by atoms with Crippen LogP contribution in [0.15, 0.2) is 23.6 Å². The summed E-state index contributed by atoms with van der Waals surface area (Å²) in [7, 11) is 0. The van der Waals surface area contributed by atoms with Crippen LogP contribution < -0.4 is 5.32 Å². The van der Waals surface area contributed by atoms with E-state index in [1.54, 1.807) is 0 Å². The fourth-order valence-electron chi connectivity index (χ4n) is 1.89. The summed E-state index contributed by atoms with van der Waals surface area (Å²) in [6.07, 6.45) is 0.310. The van der Waals surface area contributed by atoms with E-state index < -0.39 is 5.97 Å². The maximum Gasteiger partial charge on any atom is 0.355 e. The molecule has 2 aromatic rings. The number of nitrogens with zero attached hydrogens (tertiary/aromatic N) is 1. The third-order valence-corrected chi connectivity index (χ3v) is 3.91. The largest absolute Gasteiger partial charge is 0.476 e. The molecule has 0 aliphatic carbocycles. The van der Waals surface area contributed by atoms with Gasteiger partial charge in [-0.2, -0.15) is 0 Å². The standard InChI is InChI=1S/C15H16N2O3S/c1-9-3-4-10(2)11(5-9)6-13(18)16-7-14-17-12(8-21-14)15(19)20/h3-5,8H,6-7H2,1-2H3,(H,16,18)(H,19,20). The third-order valence-electron chi connectivity index (χ3n) is 3.06. The van der Waals surface area contributed by atoms with Crippen molar-refractivity contribution in [3.63, 3.8) is 0 Å². The Kier molecular flexibility index (Phi) is 4.70. The van der Waals surface area contributed by atoms with Gasteiger partial charge in [0.15, 0.2) is 5.69 Å². The zero-order valence-corrected chi connectivity index (χ0v) is 12.7. The van der Waals surface area contributed by atoms with E-state index in [4.69, 9.17) is 5.11 Å². The Morgan fingerprint density at radius 1 is 1.33 bits per heavy atom. The van der Waals surface area contributed by atoms with Gasteiger partial charge in [-0.05, 0) is 25.0 Å². The molecule has 6 heteroatoms. The van der Waals surface area contributed by atoms with Crippen LogP contribution in [0, 0.1) is 13.8 Å². The topological polar surface area (TPSA) is 79.3 Å². The van der Waals surface area contributed by atoms with E-state index in [9.17, 15) is 9.59 Å². The SMILES string of the molecule is Cc1ccc(C)c(CC(=O)NCc2nc(C(=O)O)cs2)c1. The van der Waals surface area contributed by atoms with Crippen molar-refractivity contribution >= 4 is 23.2 Å². The molecule has 0 bridgehead atoms. The first-order valence-electron chi connectivity index (χ1n) is 6.46. The van der Waals surface area contributed by atoms with Crippen molar-refractivity contribution in [2.24, 2.45) is 0 Å². The van der Waals surface area contributed by atoms with E-state index in [0.29, 0.717) is 11.4 Å². The molecule has 1 aromatic carbocycles. The van der Waals surface area contributed by atoms with Crippen LogP contribution in [0.1, 0.15) is 32.2 Å². The molecule has 0 atom stereocenters. The molecular formula is C15H16N2O3S. The summed E-state index contributed by atoms with van der Waals surface area (Å²) in [5, 5.41) is 13.6. The number of thiazole rings is 1. The number of nitrogens with one attached hydrogen (secondary N) is 1. The minimum atomic E-state index is -1.06. The summed E-state index contributed by atoms with van der Waals surface area (Å²) in [5.41, 5.74) is 3.21. The molecule has 0 radical (unpaired) electrons. The first kappa shape index (κ1) is 15.2. The number of rotatable bonds is 5. The lowest BCUT2D eigenvalue weighted by atomic mass is 10.0. The van der Waals surface area contributed by atoms with Gasteiger partial charge in [-0.3, -0.25) is 4.79 Å². The molecule has 2 N–H and O–H groups in total. The van der Waals surface area contributed by atoms with Crippen LogP contribution in [0.4, 0.5) is 0 Å². The molecule has 1 aromatic heterocycles. The number of aromatic carboxylic acids is 1. The number of amides is 1. The molecule has 0 spiro atoms. The van der Waals surface area contributed by atoms with Gasteiger partial charge in [0, 0.05) is 5.38 Å². The Hall–Kier alpha value is -2.21. The fraction of sp³-hybridized carbons (Fsp3) is 0.267. The van der Waals surface area contributed by atoms with Crippen LogP contribution >= 0.6 is 11.3 Å². The van der Waals surface area contributed by atoms with Crippen LogP contribution in [0.5, 0.6) is 0 Å². The molecule has 5 nitrogen and oxygen atoms in total. The van der Waals surface area contributed by atoms with Gasteiger partial charge >= 0.3 is 5.97 Å². The highest BCUT2D eigenvalue weighted by molar-refractivity contribution is 7.09. The smallest absolute Gasteiger partial charge is 0.355 e. The van der Waals surface area contributed by atoms with Crippen LogP contribution in [0.25, 0.3) is 0 Å². The van der Waals surface area contributed by atoms with Crippen molar-refractivity contribution in [2.45, 2.75) is 26.8 Å². The maximum absolute atomic E-state index is 11.9. The lowest BCUT2D eigenvalue weighted by molar-refractivity contribution is -0.120. The number of hydrogen-bond acceptors (Lipinski definition) is 4. The number of carbonyl (C=O) groups is 2. The lowest BCUT2D eigenvalue weighted by Crippen LogP contribution is -2.24. The van der Waals surface area contributed by atoms with Gasteiger partial charge in [-0.15, -0.1) is 11.3 Å². The van der Waals surface area contributed by atoms with Crippen LogP contribution in [-0.4, -0.2) is 22.0 Å². The predicted molar refractivity (Wildman–Crippen MR) is 80.5 cm³/mol. The highest BCUT2D eigenvalue weighted by Gasteiger charge is 2.10. The Morgan fingerprint density at radius 2 is 2.10 bits per heavy atom. The van der Waals surface area contributed by atoms with Gasteiger partial charge in [0.05, 0.1) is 13.0 Å². The zero-order chi connectivity index (χ0) is 15.4. The summed E-state index contributed by atoms with van der Waals surface area (Å²) in [5.74, 6) is -1.16. The molecule has 0 fully saturated rings. The molecule has 0 saturated heterocycles. The molecule has 1 heterocycles. The van der Waals surface area contributed by atoms with Gasteiger partial charge in [0.2, 0.25) is 5.91 Å². The molecule has 1 amide bonds. The minimum Gasteiger partial charge on any atom is -0.476 e. The average molecular weight is 304 g/mol. The van der Waals surface area contributed by atoms with Gasteiger partial charge in [0.25, 0.3) is 0 Å². The van der Waals surface area contributed by atoms with Gasteiger partial charge in [-0.1, -0.05) is 23.8 Å². The molecular weight excluding hydrogens is 288 g/mol. The fourth-order valence-corrected chi connectivity index (χ4v) is 2.60. The van der Waals surface area contributed by atoms with E-state index in [2.05, 4.69) is 10.3 Å². The number of aryl methyl sites for hydroxylation is 2. The Balaban J connectivity index is 1.92. The number of aromatic nitrogens is 1. The van der Waals surface area contributed by atoms with E-state index >= 15 is 0 Å². The van der Waals surface area contributed by atoms with Gasteiger partial charge < -0.3 is 10.4 Å². The highest BCUT2D eigenvalue weighted by Crippen LogP contribution is 2.12. The first-order valence-corrected chi connectivity index (χ1v) is 7.34. The number of hydrogen-bond donors (Lipinski definition) is 2. The quantitative estimate of drug-likeness (QED) is 0.888. The van der Waals surface area contributed by atoms with Crippen LogP contribution in [0.2, 0.25) is 0 Å². The highest BCUT2D eigenvalue weighted by atomic mass is 32.1. The summed E-state index contributed by atoms with van der Waals surface area (Å²) < 4.78 is 0. The summed E-state index contributed by atoms with van der Waals surface area (Å²) in [4.78, 5) is 26.6. The van der Waals surface area contributed by atoms with Crippen molar-refractivity contribution in [1.29, 1.82) is 0 Å². The Labute approximate surface area is 126 Å². The van der Waals surface area contributed by atoms with Gasteiger partial charge in [-0.25, -0.2) is 9.78 Å². The van der Waals surface area contributed by atoms with Crippen molar-refractivity contribution in [3.8, 4) is 0 Å². The zero-order valence-electron chi connectivity index (χ0n) is 11.8. The van der Waals surface area contributed by atoms with Crippen molar-refractivity contribution in [3.05, 3.63) is 51.0 Å². The van der Waals surface area contributed by atoms with Gasteiger partial charge in [0.1, 0.15) is 5.01 Å². The number of carboxylic acids is 1. The second kappa shape index (κ2) is 6.49. The molecule has 0 unspecified atom stereocenters. The molecule has 0 aliphatic heterocycles. The molecule has 2 rings (SSSR count). The molecule has 0 aliphatic rings. The van der Waals surface area contributed by atoms with Crippen LogP contribution in [-0.2, 0) is 17.8 Å². The number of carboxylic acid groups (broad SMARTS) is 1. The predicted octanol–water partition coefficient (Wildman–Crippen LogP) is 2.32. The summed E-state index contributed by atoms with van der Waals surface area (Å²) in [6, 6.07) is 6.01. The third kappa shape index (κ3) is 4.13. The van der Waals surface area contributed by atoms with Crippen molar-refractivity contribution in [1.82, 2.24) is 10.3 Å². The summed E-state index contributed by atoms with van der Waals surface area (Å²) in [6.45, 7) is 4.22.